The summed E-state index contributed by atoms with van der Waals surface area (Å²) in [6.07, 6.45) is 1.28. The first-order valence-electron chi connectivity index (χ1n) is 8.89. The summed E-state index contributed by atoms with van der Waals surface area (Å²) in [4.78, 5) is 10.3. The Morgan fingerprint density at radius 2 is 1.66 bits per heavy atom. The number of hydrogen-bond acceptors (Lipinski definition) is 7. The number of sulfonamides is 1. The maximum Gasteiger partial charge on any atom is 0.271 e. The van der Waals surface area contributed by atoms with Crippen molar-refractivity contribution in [3.63, 3.8) is 0 Å². The van der Waals surface area contributed by atoms with E-state index in [1.807, 2.05) is 0 Å². The molecule has 10 heteroatoms. The Morgan fingerprint density at radius 1 is 1.00 bits per heavy atom. The van der Waals surface area contributed by atoms with Crippen molar-refractivity contribution >= 4 is 15.7 Å². The summed E-state index contributed by atoms with van der Waals surface area (Å²) in [5, 5.41) is 11.1. The quantitative estimate of drug-likeness (QED) is 0.498. The van der Waals surface area contributed by atoms with Crippen molar-refractivity contribution in [2.45, 2.75) is 23.8 Å². The van der Waals surface area contributed by atoms with Crippen LogP contribution >= 0.6 is 0 Å². The Kier molecular flexibility index (Phi) is 5.94. The van der Waals surface area contributed by atoms with E-state index in [2.05, 4.69) is 0 Å². The van der Waals surface area contributed by atoms with Gasteiger partial charge >= 0.3 is 0 Å². The van der Waals surface area contributed by atoms with Crippen molar-refractivity contribution in [1.82, 2.24) is 4.31 Å². The SMILES string of the molecule is COc1ccc([C@H]2CCCN2S(=O)(=O)c2cc([N+](=O)[O-])ccc2OC)cc1OC. The first kappa shape index (κ1) is 20.9. The predicted octanol–water partition coefficient (Wildman–Crippen LogP) is 3.15. The number of benzene rings is 2. The molecule has 3 rings (SSSR count). The summed E-state index contributed by atoms with van der Waals surface area (Å²) >= 11 is 0. The smallest absolute Gasteiger partial charge is 0.271 e. The number of non-ortho nitro benzene ring substituents is 1. The van der Waals surface area contributed by atoms with Crippen molar-refractivity contribution in [2.24, 2.45) is 0 Å². The van der Waals surface area contributed by atoms with E-state index in [4.69, 9.17) is 14.2 Å². The van der Waals surface area contributed by atoms with Crippen LogP contribution in [0.2, 0.25) is 0 Å². The number of nitro groups is 1. The lowest BCUT2D eigenvalue weighted by molar-refractivity contribution is -0.385. The summed E-state index contributed by atoms with van der Waals surface area (Å²) in [5.74, 6) is 1.11. The zero-order valence-corrected chi connectivity index (χ0v) is 17.1. The monoisotopic (exact) mass is 422 g/mol. The van der Waals surface area contributed by atoms with Gasteiger partial charge < -0.3 is 14.2 Å². The summed E-state index contributed by atoms with van der Waals surface area (Å²) in [7, 11) is 0.330. The fraction of sp³-hybridized carbons (Fsp3) is 0.368. The maximum atomic E-state index is 13.4. The minimum absolute atomic E-state index is 0.0635. The van der Waals surface area contributed by atoms with Gasteiger partial charge in [0.15, 0.2) is 11.5 Å². The topological polar surface area (TPSA) is 108 Å². The van der Waals surface area contributed by atoms with Gasteiger partial charge in [-0.3, -0.25) is 10.1 Å². The molecule has 0 unspecified atom stereocenters. The van der Waals surface area contributed by atoms with Crippen molar-refractivity contribution in [2.75, 3.05) is 27.9 Å². The maximum absolute atomic E-state index is 13.4. The van der Waals surface area contributed by atoms with Crippen molar-refractivity contribution in [3.05, 3.63) is 52.1 Å². The Labute approximate surface area is 169 Å². The molecule has 1 fully saturated rings. The van der Waals surface area contributed by atoms with E-state index < -0.39 is 21.0 Å². The van der Waals surface area contributed by atoms with Crippen molar-refractivity contribution in [1.29, 1.82) is 0 Å². The number of ether oxygens (including phenoxy) is 3. The predicted molar refractivity (Wildman–Crippen MR) is 105 cm³/mol. The minimum Gasteiger partial charge on any atom is -0.495 e. The van der Waals surface area contributed by atoms with Crippen LogP contribution < -0.4 is 14.2 Å². The lowest BCUT2D eigenvalue weighted by Gasteiger charge is -2.25. The van der Waals surface area contributed by atoms with Crippen LogP contribution in [0.5, 0.6) is 17.2 Å². The molecule has 156 valence electrons. The Hall–Kier alpha value is -2.85. The lowest BCUT2D eigenvalue weighted by atomic mass is 10.0. The first-order chi connectivity index (χ1) is 13.8. The molecule has 0 spiro atoms. The zero-order valence-electron chi connectivity index (χ0n) is 16.3. The van der Waals surface area contributed by atoms with Crippen LogP contribution in [-0.4, -0.2) is 45.5 Å². The lowest BCUT2D eigenvalue weighted by Crippen LogP contribution is -2.31. The van der Waals surface area contributed by atoms with Crippen molar-refractivity contribution in [3.8, 4) is 17.2 Å². The standard InChI is InChI=1S/C19H22N2O7S/c1-26-16-8-6-13(11-18(16)28-3)15-5-4-10-20(15)29(24,25)19-12-14(21(22)23)7-9-17(19)27-2/h6-9,11-12,15H,4-5,10H2,1-3H3/t15-/m1/s1. The van der Waals surface area contributed by atoms with Gasteiger partial charge in [-0.2, -0.15) is 4.31 Å². The number of nitrogens with zero attached hydrogens (tertiary/aromatic N) is 2. The molecule has 1 saturated heterocycles. The molecule has 0 radical (unpaired) electrons. The van der Waals surface area contributed by atoms with E-state index >= 15 is 0 Å². The molecule has 0 saturated carbocycles. The summed E-state index contributed by atoms with van der Waals surface area (Å²) in [5.41, 5.74) is 0.444. The Balaban J connectivity index is 2.05. The largest absolute Gasteiger partial charge is 0.495 e. The number of hydrogen-bond donors (Lipinski definition) is 0. The third-order valence-electron chi connectivity index (χ3n) is 4.94. The Morgan fingerprint density at radius 3 is 2.28 bits per heavy atom. The van der Waals surface area contributed by atoms with Crippen LogP contribution in [0.15, 0.2) is 41.3 Å². The second-order valence-corrected chi connectivity index (χ2v) is 8.34. The molecule has 0 aromatic heterocycles. The van der Waals surface area contributed by atoms with Gasteiger partial charge in [-0.05, 0) is 36.6 Å². The van der Waals surface area contributed by atoms with Gasteiger partial charge in [0, 0.05) is 18.7 Å². The van der Waals surface area contributed by atoms with E-state index in [0.717, 1.165) is 11.6 Å². The van der Waals surface area contributed by atoms with E-state index in [1.54, 1.807) is 18.2 Å². The third-order valence-corrected chi connectivity index (χ3v) is 6.87. The van der Waals surface area contributed by atoms with Gasteiger partial charge in [0.1, 0.15) is 10.6 Å². The van der Waals surface area contributed by atoms with Crippen LogP contribution in [0.25, 0.3) is 0 Å². The molecule has 1 aliphatic heterocycles. The molecule has 1 heterocycles. The molecule has 2 aromatic rings. The molecule has 9 nitrogen and oxygen atoms in total. The van der Waals surface area contributed by atoms with Gasteiger partial charge in [-0.15, -0.1) is 0 Å². The zero-order chi connectivity index (χ0) is 21.2. The number of rotatable bonds is 7. The first-order valence-corrected chi connectivity index (χ1v) is 10.3. The van der Waals surface area contributed by atoms with Crippen LogP contribution in [0, 0.1) is 10.1 Å². The third kappa shape index (κ3) is 3.85. The van der Waals surface area contributed by atoms with Gasteiger partial charge in [0.2, 0.25) is 10.0 Å². The van der Waals surface area contributed by atoms with E-state index in [1.165, 1.54) is 37.8 Å². The van der Waals surface area contributed by atoms with Crippen molar-refractivity contribution < 1.29 is 27.6 Å². The highest BCUT2D eigenvalue weighted by Crippen LogP contribution is 2.41. The molecule has 1 atom stereocenters. The summed E-state index contributed by atoms with van der Waals surface area (Å²) in [6, 6.07) is 8.40. The van der Waals surface area contributed by atoms with Crippen LogP contribution in [0.3, 0.4) is 0 Å². The fourth-order valence-electron chi connectivity index (χ4n) is 3.53. The van der Waals surface area contributed by atoms with Crippen LogP contribution in [-0.2, 0) is 10.0 Å². The molecule has 0 amide bonds. The summed E-state index contributed by atoms with van der Waals surface area (Å²) < 4.78 is 43.9. The average Bonchev–Trinajstić information content (AvgIpc) is 3.23. The highest BCUT2D eigenvalue weighted by atomic mass is 32.2. The van der Waals surface area contributed by atoms with Crippen LogP contribution in [0.1, 0.15) is 24.4 Å². The van der Waals surface area contributed by atoms with Gasteiger partial charge in [-0.1, -0.05) is 6.07 Å². The minimum atomic E-state index is -4.04. The Bertz CT molecular complexity index is 1020. The fourth-order valence-corrected chi connectivity index (χ4v) is 5.39. The molecule has 0 bridgehead atoms. The van der Waals surface area contributed by atoms with Gasteiger partial charge in [0.25, 0.3) is 5.69 Å². The molecule has 29 heavy (non-hydrogen) atoms. The molecule has 1 aliphatic rings. The molecular formula is C19H22N2O7S. The van der Waals surface area contributed by atoms with Crippen LogP contribution in [0.4, 0.5) is 5.69 Å². The van der Waals surface area contributed by atoms with E-state index in [-0.39, 0.29) is 16.3 Å². The second kappa shape index (κ2) is 8.26. The van der Waals surface area contributed by atoms with Gasteiger partial charge in [0.05, 0.1) is 32.3 Å². The average molecular weight is 422 g/mol. The second-order valence-electron chi connectivity index (χ2n) is 6.48. The van der Waals surface area contributed by atoms with E-state index in [9.17, 15) is 18.5 Å². The molecule has 0 N–H and O–H groups in total. The number of methoxy groups -OCH3 is 3. The normalized spacial score (nSPS) is 17.1. The highest BCUT2D eigenvalue weighted by Gasteiger charge is 2.38. The molecular weight excluding hydrogens is 400 g/mol. The molecule has 0 aliphatic carbocycles. The summed E-state index contributed by atoms with van der Waals surface area (Å²) in [6.45, 7) is 0.299. The highest BCUT2D eigenvalue weighted by molar-refractivity contribution is 7.89. The molecule has 2 aromatic carbocycles. The number of nitro benzene ring substituents is 1. The van der Waals surface area contributed by atoms with E-state index in [0.29, 0.717) is 30.9 Å². The van der Waals surface area contributed by atoms with Gasteiger partial charge in [-0.25, -0.2) is 8.42 Å².